The highest BCUT2D eigenvalue weighted by atomic mass is 16.5. The van der Waals surface area contributed by atoms with Crippen molar-refractivity contribution in [3.8, 4) is 0 Å². The fourth-order valence-electron chi connectivity index (χ4n) is 1.38. The van der Waals surface area contributed by atoms with Crippen molar-refractivity contribution in [1.29, 1.82) is 0 Å². The molecule has 0 aliphatic rings. The largest absolute Gasteiger partial charge is 0.464 e. The fourth-order valence-corrected chi connectivity index (χ4v) is 1.38. The van der Waals surface area contributed by atoms with Gasteiger partial charge in [0.25, 0.3) is 0 Å². The first-order valence-corrected chi connectivity index (χ1v) is 5.44. The summed E-state index contributed by atoms with van der Waals surface area (Å²) in [5, 5.41) is 3.05. The molecular weight excluding hydrogens is 218 g/mol. The molecule has 5 heteroatoms. The van der Waals surface area contributed by atoms with Crippen LogP contribution in [-0.2, 0) is 15.1 Å². The Bertz CT molecular complexity index is 381. The molecule has 0 aliphatic carbocycles. The van der Waals surface area contributed by atoms with Gasteiger partial charge >= 0.3 is 5.97 Å². The predicted molar refractivity (Wildman–Crippen MR) is 64.2 cm³/mol. The van der Waals surface area contributed by atoms with Gasteiger partial charge in [0.2, 0.25) is 0 Å². The SMILES string of the molecule is C=CCNC(C)(C(=O)OCC)c1cnccn1. The third kappa shape index (κ3) is 3.10. The summed E-state index contributed by atoms with van der Waals surface area (Å²) in [6.45, 7) is 7.90. The highest BCUT2D eigenvalue weighted by Crippen LogP contribution is 2.19. The van der Waals surface area contributed by atoms with Crippen LogP contribution < -0.4 is 5.32 Å². The smallest absolute Gasteiger partial charge is 0.332 e. The van der Waals surface area contributed by atoms with Gasteiger partial charge in [-0.15, -0.1) is 6.58 Å². The second-order valence-corrected chi connectivity index (χ2v) is 3.61. The maximum absolute atomic E-state index is 12.0. The van der Waals surface area contributed by atoms with E-state index in [4.69, 9.17) is 4.74 Å². The van der Waals surface area contributed by atoms with Gasteiger partial charge in [0.15, 0.2) is 5.54 Å². The summed E-state index contributed by atoms with van der Waals surface area (Å²) in [5.41, 5.74) is -0.473. The maximum atomic E-state index is 12.0. The lowest BCUT2D eigenvalue weighted by atomic mass is 9.98. The van der Waals surface area contributed by atoms with Gasteiger partial charge in [-0.2, -0.15) is 0 Å². The van der Waals surface area contributed by atoms with E-state index in [2.05, 4.69) is 21.9 Å². The molecule has 1 heterocycles. The van der Waals surface area contributed by atoms with Crippen LogP contribution in [0.3, 0.4) is 0 Å². The number of nitrogens with one attached hydrogen (secondary N) is 1. The Hall–Kier alpha value is -1.75. The lowest BCUT2D eigenvalue weighted by molar-refractivity contribution is -0.151. The molecule has 1 unspecified atom stereocenters. The number of hydrogen-bond donors (Lipinski definition) is 1. The number of carbonyl (C=O) groups excluding carboxylic acids is 1. The average Bonchev–Trinajstić information content (AvgIpc) is 2.37. The van der Waals surface area contributed by atoms with Crippen LogP contribution in [-0.4, -0.2) is 29.1 Å². The second-order valence-electron chi connectivity index (χ2n) is 3.61. The van der Waals surface area contributed by atoms with Crippen LogP contribution in [0, 0.1) is 0 Å². The van der Waals surface area contributed by atoms with Crippen molar-refractivity contribution in [1.82, 2.24) is 15.3 Å². The summed E-state index contributed by atoms with van der Waals surface area (Å²) in [4.78, 5) is 20.1. The van der Waals surface area contributed by atoms with Crippen LogP contribution in [0.4, 0.5) is 0 Å². The van der Waals surface area contributed by atoms with Gasteiger partial charge in [0.1, 0.15) is 0 Å². The Morgan fingerprint density at radius 3 is 2.94 bits per heavy atom. The Morgan fingerprint density at radius 2 is 2.41 bits per heavy atom. The minimum atomic E-state index is -1.00. The van der Waals surface area contributed by atoms with Gasteiger partial charge in [0, 0.05) is 18.9 Å². The summed E-state index contributed by atoms with van der Waals surface area (Å²) >= 11 is 0. The molecule has 0 aliphatic heterocycles. The maximum Gasteiger partial charge on any atom is 0.332 e. The van der Waals surface area contributed by atoms with Gasteiger partial charge in [-0.05, 0) is 13.8 Å². The van der Waals surface area contributed by atoms with E-state index in [1.807, 2.05) is 0 Å². The van der Waals surface area contributed by atoms with E-state index in [0.717, 1.165) is 0 Å². The van der Waals surface area contributed by atoms with E-state index >= 15 is 0 Å². The van der Waals surface area contributed by atoms with Gasteiger partial charge in [-0.25, -0.2) is 4.79 Å². The first-order valence-electron chi connectivity index (χ1n) is 5.44. The van der Waals surface area contributed by atoms with Crippen molar-refractivity contribution in [2.75, 3.05) is 13.2 Å². The number of ether oxygens (including phenoxy) is 1. The highest BCUT2D eigenvalue weighted by molar-refractivity contribution is 5.81. The molecule has 17 heavy (non-hydrogen) atoms. The van der Waals surface area contributed by atoms with Crippen molar-refractivity contribution in [2.24, 2.45) is 0 Å². The Balaban J connectivity index is 3.01. The van der Waals surface area contributed by atoms with Crippen LogP contribution in [0.5, 0.6) is 0 Å². The van der Waals surface area contributed by atoms with E-state index in [-0.39, 0.29) is 5.97 Å². The number of carbonyl (C=O) groups is 1. The molecule has 1 aromatic heterocycles. The van der Waals surface area contributed by atoms with E-state index in [0.29, 0.717) is 18.8 Å². The van der Waals surface area contributed by atoms with Gasteiger partial charge in [-0.3, -0.25) is 15.3 Å². The van der Waals surface area contributed by atoms with Crippen molar-refractivity contribution in [2.45, 2.75) is 19.4 Å². The molecule has 0 bridgehead atoms. The zero-order valence-electron chi connectivity index (χ0n) is 10.1. The first kappa shape index (κ1) is 13.3. The summed E-state index contributed by atoms with van der Waals surface area (Å²) in [7, 11) is 0. The molecule has 0 spiro atoms. The highest BCUT2D eigenvalue weighted by Gasteiger charge is 2.37. The van der Waals surface area contributed by atoms with E-state index in [1.165, 1.54) is 0 Å². The lowest BCUT2D eigenvalue weighted by Crippen LogP contribution is -2.48. The van der Waals surface area contributed by atoms with Crippen LogP contribution in [0.25, 0.3) is 0 Å². The predicted octanol–water partition coefficient (Wildman–Crippen LogP) is 1.03. The number of esters is 1. The topological polar surface area (TPSA) is 64.1 Å². The summed E-state index contributed by atoms with van der Waals surface area (Å²) in [6, 6.07) is 0. The zero-order valence-corrected chi connectivity index (χ0v) is 10.1. The Kier molecular flexibility index (Phi) is 4.78. The van der Waals surface area contributed by atoms with Gasteiger partial charge in [-0.1, -0.05) is 6.08 Å². The van der Waals surface area contributed by atoms with Gasteiger partial charge < -0.3 is 4.74 Å². The summed E-state index contributed by atoms with van der Waals surface area (Å²) in [5.74, 6) is -0.373. The Morgan fingerprint density at radius 1 is 1.65 bits per heavy atom. The molecule has 0 saturated carbocycles. The van der Waals surface area contributed by atoms with Crippen molar-refractivity contribution < 1.29 is 9.53 Å². The third-order valence-corrected chi connectivity index (χ3v) is 2.36. The quantitative estimate of drug-likeness (QED) is 0.589. The number of nitrogens with zero attached hydrogens (tertiary/aromatic N) is 2. The fraction of sp³-hybridized carbons (Fsp3) is 0.417. The summed E-state index contributed by atoms with van der Waals surface area (Å²) in [6.07, 6.45) is 6.33. The summed E-state index contributed by atoms with van der Waals surface area (Å²) < 4.78 is 5.05. The third-order valence-electron chi connectivity index (χ3n) is 2.36. The average molecular weight is 235 g/mol. The molecule has 5 nitrogen and oxygen atoms in total. The van der Waals surface area contributed by atoms with Crippen molar-refractivity contribution in [3.63, 3.8) is 0 Å². The van der Waals surface area contributed by atoms with Crippen molar-refractivity contribution >= 4 is 5.97 Å². The molecule has 0 saturated heterocycles. The van der Waals surface area contributed by atoms with E-state index in [1.54, 1.807) is 38.5 Å². The molecule has 0 amide bonds. The minimum absolute atomic E-state index is 0.324. The molecule has 0 radical (unpaired) electrons. The van der Waals surface area contributed by atoms with Crippen molar-refractivity contribution in [3.05, 3.63) is 36.9 Å². The lowest BCUT2D eigenvalue weighted by Gasteiger charge is -2.27. The van der Waals surface area contributed by atoms with Crippen LogP contribution >= 0.6 is 0 Å². The normalized spacial score (nSPS) is 13.8. The van der Waals surface area contributed by atoms with Crippen LogP contribution in [0.1, 0.15) is 19.5 Å². The molecule has 1 rings (SSSR count). The first-order chi connectivity index (χ1) is 8.15. The number of hydrogen-bond acceptors (Lipinski definition) is 5. The van der Waals surface area contributed by atoms with E-state index < -0.39 is 5.54 Å². The Labute approximate surface area is 101 Å². The standard InChI is InChI=1S/C12H17N3O2/c1-4-6-15-12(3,11(16)17-5-2)10-9-13-7-8-14-10/h4,7-9,15H,1,5-6H2,2-3H3. The molecule has 1 aromatic rings. The molecule has 0 aromatic carbocycles. The van der Waals surface area contributed by atoms with Crippen LogP contribution in [0.2, 0.25) is 0 Å². The molecule has 1 atom stereocenters. The monoisotopic (exact) mass is 235 g/mol. The second kappa shape index (κ2) is 6.10. The molecular formula is C12H17N3O2. The van der Waals surface area contributed by atoms with Crippen LogP contribution in [0.15, 0.2) is 31.2 Å². The molecule has 0 fully saturated rings. The van der Waals surface area contributed by atoms with Gasteiger partial charge in [0.05, 0.1) is 18.5 Å². The number of rotatable bonds is 6. The zero-order chi connectivity index (χ0) is 12.7. The number of aromatic nitrogens is 2. The minimum Gasteiger partial charge on any atom is -0.464 e. The molecule has 1 N–H and O–H groups in total. The molecule has 92 valence electrons. The van der Waals surface area contributed by atoms with E-state index in [9.17, 15) is 4.79 Å².